The first-order valence-electron chi connectivity index (χ1n) is 12.7. The molecule has 4 aliphatic rings. The van der Waals surface area contributed by atoms with E-state index in [1.807, 2.05) is 47.2 Å². The van der Waals surface area contributed by atoms with Crippen LogP contribution in [0.5, 0.6) is 0 Å². The number of carbonyl (C=O) groups excluding carboxylic acids is 3. The smallest absolute Gasteiger partial charge is 0.250 e. The molecular formula is C26H37N5O3. The molecule has 8 heteroatoms. The third-order valence-corrected chi connectivity index (χ3v) is 8.37. The van der Waals surface area contributed by atoms with E-state index in [0.29, 0.717) is 32.6 Å². The number of para-hydroxylation sites is 1. The molecule has 0 unspecified atom stereocenters. The van der Waals surface area contributed by atoms with Crippen LogP contribution in [0.4, 0.5) is 5.69 Å². The number of hydrogen-bond acceptors (Lipinski definition) is 5. The lowest BCUT2D eigenvalue weighted by atomic mass is 9.85. The van der Waals surface area contributed by atoms with E-state index in [9.17, 15) is 14.4 Å². The molecule has 1 saturated carbocycles. The lowest BCUT2D eigenvalue weighted by Crippen LogP contribution is -2.57. The summed E-state index contributed by atoms with van der Waals surface area (Å²) in [7, 11) is 3.99. The van der Waals surface area contributed by atoms with Gasteiger partial charge >= 0.3 is 0 Å². The van der Waals surface area contributed by atoms with Gasteiger partial charge in [-0.2, -0.15) is 0 Å². The molecule has 0 bridgehead atoms. The summed E-state index contributed by atoms with van der Waals surface area (Å²) in [5, 5.41) is 0. The van der Waals surface area contributed by atoms with Gasteiger partial charge in [0.05, 0.1) is 6.67 Å². The molecule has 8 nitrogen and oxygen atoms in total. The summed E-state index contributed by atoms with van der Waals surface area (Å²) in [5.41, 5.74) is 0.310. The Hall–Kier alpha value is -2.61. The van der Waals surface area contributed by atoms with E-state index in [2.05, 4.69) is 16.8 Å². The molecule has 1 aromatic rings. The third-order valence-electron chi connectivity index (χ3n) is 8.37. The van der Waals surface area contributed by atoms with E-state index < -0.39 is 5.54 Å². The van der Waals surface area contributed by atoms with Crippen molar-refractivity contribution in [1.29, 1.82) is 0 Å². The van der Waals surface area contributed by atoms with Gasteiger partial charge in [-0.05, 0) is 70.8 Å². The van der Waals surface area contributed by atoms with Gasteiger partial charge in [0.1, 0.15) is 12.1 Å². The van der Waals surface area contributed by atoms with Crippen LogP contribution in [0.1, 0.15) is 38.5 Å². The third kappa shape index (κ3) is 4.28. The van der Waals surface area contributed by atoms with E-state index in [1.54, 1.807) is 4.90 Å². The summed E-state index contributed by atoms with van der Waals surface area (Å²) >= 11 is 0. The Balaban J connectivity index is 1.31. The van der Waals surface area contributed by atoms with Crippen LogP contribution in [0, 0.1) is 5.92 Å². The molecule has 1 spiro atoms. The fourth-order valence-electron chi connectivity index (χ4n) is 5.87. The van der Waals surface area contributed by atoms with E-state index in [0.717, 1.165) is 44.5 Å². The molecule has 4 fully saturated rings. The Bertz CT molecular complexity index is 918. The molecule has 0 N–H and O–H groups in total. The largest absolute Gasteiger partial charge is 0.342 e. The topological polar surface area (TPSA) is 67.4 Å². The van der Waals surface area contributed by atoms with Crippen LogP contribution in [0.2, 0.25) is 0 Å². The highest BCUT2D eigenvalue weighted by atomic mass is 16.2. The molecule has 3 heterocycles. The standard InChI is InChI=1S/C26H37N5O3/c1-27-14-10-21(11-15-27)28(2)23(32)18-30-19-31(22-6-4-3-5-7-22)26(25(30)34)12-16-29(17-13-26)24(33)20-8-9-20/h3-7,20-21H,8-19H2,1-2H3. The first kappa shape index (κ1) is 23.1. The van der Waals surface area contributed by atoms with Crippen molar-refractivity contribution in [1.82, 2.24) is 19.6 Å². The molecule has 0 radical (unpaired) electrons. The second-order valence-corrected chi connectivity index (χ2v) is 10.6. The first-order chi connectivity index (χ1) is 16.4. The van der Waals surface area contributed by atoms with Crippen LogP contribution in [0.3, 0.4) is 0 Å². The number of piperidine rings is 2. The maximum atomic E-state index is 13.9. The van der Waals surface area contributed by atoms with Gasteiger partial charge < -0.3 is 24.5 Å². The van der Waals surface area contributed by atoms with Gasteiger partial charge in [-0.25, -0.2) is 0 Å². The van der Waals surface area contributed by atoms with Gasteiger partial charge in [0.2, 0.25) is 11.8 Å². The average molecular weight is 468 g/mol. The van der Waals surface area contributed by atoms with Crippen LogP contribution < -0.4 is 4.90 Å². The molecular weight excluding hydrogens is 430 g/mol. The Morgan fingerprint density at radius 2 is 1.65 bits per heavy atom. The number of hydrogen-bond donors (Lipinski definition) is 0. The van der Waals surface area contributed by atoms with Gasteiger partial charge in [0.25, 0.3) is 5.91 Å². The molecule has 184 valence electrons. The van der Waals surface area contributed by atoms with Gasteiger partial charge in [-0.1, -0.05) is 18.2 Å². The zero-order valence-electron chi connectivity index (χ0n) is 20.5. The Kier molecular flexibility index (Phi) is 6.27. The van der Waals surface area contributed by atoms with Crippen molar-refractivity contribution in [2.75, 3.05) is 58.4 Å². The van der Waals surface area contributed by atoms with Crippen molar-refractivity contribution in [2.45, 2.75) is 50.1 Å². The van der Waals surface area contributed by atoms with E-state index in [1.165, 1.54) is 0 Å². The maximum Gasteiger partial charge on any atom is 0.250 e. The van der Waals surface area contributed by atoms with E-state index in [-0.39, 0.29) is 36.2 Å². The fraction of sp³-hybridized carbons (Fsp3) is 0.654. The van der Waals surface area contributed by atoms with Crippen LogP contribution >= 0.6 is 0 Å². The normalized spacial score (nSPS) is 23.6. The minimum absolute atomic E-state index is 0.00862. The van der Waals surface area contributed by atoms with Crippen molar-refractivity contribution in [2.24, 2.45) is 5.92 Å². The number of likely N-dealkylation sites (tertiary alicyclic amines) is 2. The van der Waals surface area contributed by atoms with Crippen LogP contribution in [0.15, 0.2) is 30.3 Å². The monoisotopic (exact) mass is 467 g/mol. The quantitative estimate of drug-likeness (QED) is 0.658. The second kappa shape index (κ2) is 9.21. The number of nitrogens with zero attached hydrogens (tertiary/aromatic N) is 5. The molecule has 1 aliphatic carbocycles. The van der Waals surface area contributed by atoms with E-state index in [4.69, 9.17) is 0 Å². The van der Waals surface area contributed by atoms with Crippen LogP contribution in [0.25, 0.3) is 0 Å². The summed E-state index contributed by atoms with van der Waals surface area (Å²) < 4.78 is 0. The first-order valence-corrected chi connectivity index (χ1v) is 12.7. The van der Waals surface area contributed by atoms with Crippen LogP contribution in [-0.4, -0.2) is 102 Å². The van der Waals surface area contributed by atoms with Gasteiger partial charge in [-0.3, -0.25) is 14.4 Å². The van der Waals surface area contributed by atoms with Crippen LogP contribution in [-0.2, 0) is 14.4 Å². The molecule has 0 aromatic heterocycles. The summed E-state index contributed by atoms with van der Waals surface area (Å²) in [6.07, 6.45) is 5.14. The summed E-state index contributed by atoms with van der Waals surface area (Å²) in [4.78, 5) is 49.7. The van der Waals surface area contributed by atoms with Crippen molar-refractivity contribution < 1.29 is 14.4 Å². The predicted molar refractivity (Wildman–Crippen MR) is 130 cm³/mol. The molecule has 3 saturated heterocycles. The summed E-state index contributed by atoms with van der Waals surface area (Å²) in [6, 6.07) is 10.3. The fourth-order valence-corrected chi connectivity index (χ4v) is 5.87. The Morgan fingerprint density at radius 3 is 2.26 bits per heavy atom. The second-order valence-electron chi connectivity index (χ2n) is 10.6. The number of likely N-dealkylation sites (N-methyl/N-ethyl adjacent to an activating group) is 1. The predicted octanol–water partition coefficient (Wildman–Crippen LogP) is 1.62. The van der Waals surface area contributed by atoms with E-state index >= 15 is 0 Å². The summed E-state index contributed by atoms with van der Waals surface area (Å²) in [6.45, 7) is 3.70. The van der Waals surface area contributed by atoms with Crippen molar-refractivity contribution in [3.05, 3.63) is 30.3 Å². The van der Waals surface area contributed by atoms with Gasteiger partial charge in [0, 0.05) is 37.8 Å². The van der Waals surface area contributed by atoms with Crippen molar-refractivity contribution >= 4 is 23.4 Å². The molecule has 3 aliphatic heterocycles. The van der Waals surface area contributed by atoms with Gasteiger partial charge in [0.15, 0.2) is 0 Å². The Morgan fingerprint density at radius 1 is 1.00 bits per heavy atom. The Labute approximate surface area is 202 Å². The molecule has 3 amide bonds. The summed E-state index contributed by atoms with van der Waals surface area (Å²) in [5.74, 6) is 0.482. The highest BCUT2D eigenvalue weighted by molar-refractivity contribution is 5.96. The number of rotatable bonds is 5. The van der Waals surface area contributed by atoms with Gasteiger partial charge in [-0.15, -0.1) is 0 Å². The minimum Gasteiger partial charge on any atom is -0.342 e. The highest BCUT2D eigenvalue weighted by Gasteiger charge is 2.55. The molecule has 34 heavy (non-hydrogen) atoms. The zero-order valence-corrected chi connectivity index (χ0v) is 20.5. The zero-order chi connectivity index (χ0) is 23.9. The number of benzene rings is 1. The molecule has 0 atom stereocenters. The lowest BCUT2D eigenvalue weighted by Gasteiger charge is -2.43. The average Bonchev–Trinajstić information content (AvgIpc) is 3.68. The SMILES string of the molecule is CN1CCC(N(C)C(=O)CN2CN(c3ccccc3)C3(CCN(C(=O)C4CC4)CC3)C2=O)CC1. The molecule has 5 rings (SSSR count). The number of carbonyl (C=O) groups is 3. The minimum atomic E-state index is -0.686. The lowest BCUT2D eigenvalue weighted by molar-refractivity contribution is -0.143. The highest BCUT2D eigenvalue weighted by Crippen LogP contribution is 2.41. The van der Waals surface area contributed by atoms with Crippen molar-refractivity contribution in [3.63, 3.8) is 0 Å². The van der Waals surface area contributed by atoms with Crippen molar-refractivity contribution in [3.8, 4) is 0 Å². The maximum absolute atomic E-state index is 13.9. The molecule has 1 aromatic carbocycles. The number of amides is 3. The number of anilines is 1.